The third-order valence-corrected chi connectivity index (χ3v) is 7.61. The molecule has 1 N–H and O–H groups in total. The van der Waals surface area contributed by atoms with Crippen molar-refractivity contribution in [3.05, 3.63) is 108 Å². The Morgan fingerprint density at radius 3 is 1.09 bits per heavy atom. The monoisotopic (exact) mass is 425 g/mol. The van der Waals surface area contributed by atoms with E-state index in [0.717, 1.165) is 38.9 Å². The molecule has 0 aromatic heterocycles. The predicted octanol–water partition coefficient (Wildman–Crippen LogP) is 4.41. The molecule has 7 rings (SSSR count). The summed E-state index contributed by atoms with van der Waals surface area (Å²) in [5, 5.41) is 11.5. The molecular weight excluding hydrogens is 394 g/mol. The highest BCUT2D eigenvalue weighted by atomic mass is 16.3. The van der Waals surface area contributed by atoms with Gasteiger partial charge >= 0.3 is 0 Å². The van der Waals surface area contributed by atoms with E-state index in [4.69, 9.17) is 0 Å². The standard InChI is InChI=1S/C28H31N3O/c32-28-16-25-29(19-22-10-4-1-5-11-22)26(17-28)31(21-24-14-8-3-9-15-24)27(18-28)30(25)20-23-12-6-2-7-13-23/h1-15,25-27,32H,16-21H2. The van der Waals surface area contributed by atoms with Crippen LogP contribution in [0.25, 0.3) is 0 Å². The van der Waals surface area contributed by atoms with Crippen molar-refractivity contribution in [2.24, 2.45) is 0 Å². The van der Waals surface area contributed by atoms with Crippen LogP contribution in [0.15, 0.2) is 91.0 Å². The zero-order valence-electron chi connectivity index (χ0n) is 18.4. The van der Waals surface area contributed by atoms with E-state index in [0.29, 0.717) is 0 Å². The highest BCUT2D eigenvalue weighted by molar-refractivity contribution is 5.21. The minimum absolute atomic E-state index is 0.255. The van der Waals surface area contributed by atoms with Crippen molar-refractivity contribution in [1.29, 1.82) is 0 Å². The molecule has 32 heavy (non-hydrogen) atoms. The van der Waals surface area contributed by atoms with Crippen molar-refractivity contribution >= 4 is 0 Å². The lowest BCUT2D eigenvalue weighted by Gasteiger charge is -2.68. The van der Waals surface area contributed by atoms with Gasteiger partial charge in [-0.05, 0) is 16.7 Å². The summed E-state index contributed by atoms with van der Waals surface area (Å²) in [6.45, 7) is 2.74. The average Bonchev–Trinajstić information content (AvgIpc) is 2.82. The molecule has 3 aromatic rings. The molecule has 0 saturated carbocycles. The zero-order valence-corrected chi connectivity index (χ0v) is 18.4. The lowest BCUT2D eigenvalue weighted by molar-refractivity contribution is -0.294. The van der Waals surface area contributed by atoms with Gasteiger partial charge in [-0.25, -0.2) is 0 Å². The Morgan fingerprint density at radius 2 is 0.812 bits per heavy atom. The number of aliphatic hydroxyl groups is 1. The van der Waals surface area contributed by atoms with Gasteiger partial charge in [0.15, 0.2) is 0 Å². The number of benzene rings is 3. The van der Waals surface area contributed by atoms with Crippen molar-refractivity contribution in [2.45, 2.75) is 63.0 Å². The van der Waals surface area contributed by atoms with Crippen LogP contribution in [0.1, 0.15) is 36.0 Å². The maximum atomic E-state index is 11.5. The zero-order chi connectivity index (χ0) is 21.5. The summed E-state index contributed by atoms with van der Waals surface area (Å²) in [4.78, 5) is 7.93. The summed E-state index contributed by atoms with van der Waals surface area (Å²) in [6, 6.07) is 32.4. The SMILES string of the molecule is OC12CC3N(Cc4ccccc4)C(C1)N(Cc1ccccc1)C(C2)N3Cc1ccccc1. The fraction of sp³-hybridized carbons (Fsp3) is 0.357. The molecule has 0 radical (unpaired) electrons. The van der Waals surface area contributed by atoms with Gasteiger partial charge in [0.25, 0.3) is 0 Å². The molecule has 4 fully saturated rings. The molecule has 3 aromatic carbocycles. The second kappa shape index (κ2) is 8.13. The van der Waals surface area contributed by atoms with Gasteiger partial charge in [0, 0.05) is 38.9 Å². The smallest absolute Gasteiger partial charge is 0.0731 e. The van der Waals surface area contributed by atoms with Gasteiger partial charge in [-0.1, -0.05) is 91.0 Å². The maximum Gasteiger partial charge on any atom is 0.0731 e. The van der Waals surface area contributed by atoms with Gasteiger partial charge in [0.1, 0.15) is 0 Å². The minimum atomic E-state index is -0.548. The molecule has 4 saturated heterocycles. The van der Waals surface area contributed by atoms with Crippen molar-refractivity contribution in [3.8, 4) is 0 Å². The molecule has 4 heteroatoms. The fourth-order valence-corrected chi connectivity index (χ4v) is 6.16. The molecule has 4 bridgehead atoms. The molecular formula is C28H31N3O. The van der Waals surface area contributed by atoms with Crippen molar-refractivity contribution in [3.63, 3.8) is 0 Å². The van der Waals surface area contributed by atoms with E-state index in [9.17, 15) is 5.11 Å². The first-order valence-corrected chi connectivity index (χ1v) is 11.8. The molecule has 0 aliphatic carbocycles. The van der Waals surface area contributed by atoms with E-state index >= 15 is 0 Å². The van der Waals surface area contributed by atoms with Crippen molar-refractivity contribution < 1.29 is 5.11 Å². The van der Waals surface area contributed by atoms with E-state index in [1.165, 1.54) is 16.7 Å². The van der Waals surface area contributed by atoms with E-state index in [1.807, 2.05) is 0 Å². The summed E-state index contributed by atoms with van der Waals surface area (Å²) >= 11 is 0. The van der Waals surface area contributed by atoms with Crippen molar-refractivity contribution in [2.75, 3.05) is 0 Å². The number of hydrogen-bond donors (Lipinski definition) is 1. The van der Waals surface area contributed by atoms with Crippen LogP contribution in [0.3, 0.4) is 0 Å². The third kappa shape index (κ3) is 3.67. The van der Waals surface area contributed by atoms with Crippen LogP contribution < -0.4 is 0 Å². The number of hydrogen-bond acceptors (Lipinski definition) is 4. The number of piperidine rings is 3. The highest BCUT2D eigenvalue weighted by Crippen LogP contribution is 2.50. The second-order valence-electron chi connectivity index (χ2n) is 9.75. The van der Waals surface area contributed by atoms with E-state index in [2.05, 4.69) is 106 Å². The molecule has 0 atom stereocenters. The number of nitrogens with zero attached hydrogens (tertiary/aromatic N) is 3. The molecule has 0 spiro atoms. The van der Waals surface area contributed by atoms with Gasteiger partial charge in [0.2, 0.25) is 0 Å². The summed E-state index contributed by atoms with van der Waals surface area (Å²) < 4.78 is 0. The van der Waals surface area contributed by atoms with Crippen LogP contribution >= 0.6 is 0 Å². The molecule has 0 unspecified atom stereocenters. The quantitative estimate of drug-likeness (QED) is 0.634. The molecule has 0 amide bonds. The van der Waals surface area contributed by atoms with Crippen LogP contribution in [0.5, 0.6) is 0 Å². The first-order valence-electron chi connectivity index (χ1n) is 11.8. The summed E-state index contributed by atoms with van der Waals surface area (Å²) in [7, 11) is 0. The molecule has 4 heterocycles. The van der Waals surface area contributed by atoms with Gasteiger partial charge in [-0.15, -0.1) is 0 Å². The van der Waals surface area contributed by atoms with Gasteiger partial charge in [-0.3, -0.25) is 14.7 Å². The molecule has 4 aliphatic rings. The Hall–Kier alpha value is -2.50. The number of rotatable bonds is 6. The Bertz CT molecular complexity index is 895. The van der Waals surface area contributed by atoms with Gasteiger partial charge in [0.05, 0.1) is 24.1 Å². The lowest BCUT2D eigenvalue weighted by Crippen LogP contribution is -2.79. The fourth-order valence-electron chi connectivity index (χ4n) is 6.16. The molecule has 4 aliphatic heterocycles. The van der Waals surface area contributed by atoms with Gasteiger partial charge < -0.3 is 5.11 Å². The largest absolute Gasteiger partial charge is 0.390 e. The normalized spacial score (nSPS) is 30.1. The summed E-state index contributed by atoms with van der Waals surface area (Å²) in [5.74, 6) is 0. The summed E-state index contributed by atoms with van der Waals surface area (Å²) in [5.41, 5.74) is 3.47. The first-order chi connectivity index (χ1) is 15.7. The van der Waals surface area contributed by atoms with Crippen LogP contribution in [0.4, 0.5) is 0 Å². The molecule has 4 nitrogen and oxygen atoms in total. The Labute approximate surface area is 190 Å². The first kappa shape index (κ1) is 20.1. The molecule has 164 valence electrons. The Morgan fingerprint density at radius 1 is 0.531 bits per heavy atom. The van der Waals surface area contributed by atoms with E-state index in [-0.39, 0.29) is 18.5 Å². The van der Waals surface area contributed by atoms with Gasteiger partial charge in [-0.2, -0.15) is 0 Å². The van der Waals surface area contributed by atoms with Crippen molar-refractivity contribution in [1.82, 2.24) is 14.7 Å². The average molecular weight is 426 g/mol. The van der Waals surface area contributed by atoms with E-state index in [1.54, 1.807) is 0 Å². The Balaban J connectivity index is 1.37. The van der Waals surface area contributed by atoms with Crippen LogP contribution in [0.2, 0.25) is 0 Å². The second-order valence-corrected chi connectivity index (χ2v) is 9.75. The minimum Gasteiger partial charge on any atom is -0.390 e. The van der Waals surface area contributed by atoms with Crippen LogP contribution in [-0.4, -0.2) is 43.9 Å². The van der Waals surface area contributed by atoms with E-state index < -0.39 is 5.60 Å². The topological polar surface area (TPSA) is 30.0 Å². The summed E-state index contributed by atoms with van der Waals surface area (Å²) in [6.07, 6.45) is 3.26. The van der Waals surface area contributed by atoms with Crippen LogP contribution in [0, 0.1) is 0 Å². The lowest BCUT2D eigenvalue weighted by atomic mass is 9.74. The Kier molecular flexibility index (Phi) is 5.11. The van der Waals surface area contributed by atoms with Crippen LogP contribution in [-0.2, 0) is 19.6 Å². The predicted molar refractivity (Wildman–Crippen MR) is 126 cm³/mol. The highest BCUT2D eigenvalue weighted by Gasteiger charge is 2.60. The third-order valence-electron chi connectivity index (χ3n) is 7.61. The maximum absolute atomic E-state index is 11.5.